The number of nitrogens with two attached hydrogens (primary N) is 1. The maximum atomic E-state index is 13.2. The van der Waals surface area contributed by atoms with Gasteiger partial charge in [0.05, 0.1) is 6.04 Å². The standard InChI is InChI=1S/C14H18BrFN2O/c1-8(2)7-18-13(19)6-12(17)14(18)10-4-3-9(16)5-11(10)15/h3-5,8,12,14H,6-7,17H2,1-2H3. The number of amides is 1. The molecule has 1 aliphatic rings. The Morgan fingerprint density at radius 1 is 1.53 bits per heavy atom. The fourth-order valence-corrected chi connectivity index (χ4v) is 3.15. The first kappa shape index (κ1) is 14.5. The maximum Gasteiger partial charge on any atom is 0.224 e. The van der Waals surface area contributed by atoms with Crippen LogP contribution in [0, 0.1) is 11.7 Å². The average Bonchev–Trinajstić information content (AvgIpc) is 2.54. The van der Waals surface area contributed by atoms with E-state index in [1.807, 2.05) is 4.90 Å². The van der Waals surface area contributed by atoms with Crippen LogP contribution in [0.1, 0.15) is 31.9 Å². The van der Waals surface area contributed by atoms with E-state index in [0.717, 1.165) is 5.56 Å². The van der Waals surface area contributed by atoms with Crippen LogP contribution in [0.2, 0.25) is 0 Å². The van der Waals surface area contributed by atoms with E-state index in [4.69, 9.17) is 5.73 Å². The first-order valence-electron chi connectivity index (χ1n) is 6.40. The van der Waals surface area contributed by atoms with E-state index >= 15 is 0 Å². The molecule has 3 nitrogen and oxygen atoms in total. The summed E-state index contributed by atoms with van der Waals surface area (Å²) in [5.41, 5.74) is 6.97. The van der Waals surface area contributed by atoms with Gasteiger partial charge in [0.25, 0.3) is 0 Å². The van der Waals surface area contributed by atoms with Gasteiger partial charge < -0.3 is 10.6 Å². The van der Waals surface area contributed by atoms with Crippen LogP contribution in [-0.4, -0.2) is 23.4 Å². The molecule has 2 rings (SSSR count). The van der Waals surface area contributed by atoms with Crippen LogP contribution in [-0.2, 0) is 4.79 Å². The highest BCUT2D eigenvalue weighted by molar-refractivity contribution is 9.10. The molecule has 5 heteroatoms. The second kappa shape index (κ2) is 5.59. The van der Waals surface area contributed by atoms with Crippen LogP contribution < -0.4 is 5.73 Å². The lowest BCUT2D eigenvalue weighted by Crippen LogP contribution is -2.35. The van der Waals surface area contributed by atoms with Crippen LogP contribution in [0.5, 0.6) is 0 Å². The second-order valence-corrected chi connectivity index (χ2v) is 6.27. The summed E-state index contributed by atoms with van der Waals surface area (Å²) in [4.78, 5) is 13.9. The molecular formula is C14H18BrFN2O. The van der Waals surface area contributed by atoms with Gasteiger partial charge in [-0.1, -0.05) is 35.8 Å². The van der Waals surface area contributed by atoms with Gasteiger partial charge in [-0.3, -0.25) is 4.79 Å². The van der Waals surface area contributed by atoms with Crippen molar-refractivity contribution in [1.29, 1.82) is 0 Å². The van der Waals surface area contributed by atoms with Crippen molar-refractivity contribution in [2.75, 3.05) is 6.54 Å². The van der Waals surface area contributed by atoms with Gasteiger partial charge in [0.1, 0.15) is 5.82 Å². The second-order valence-electron chi connectivity index (χ2n) is 5.42. The summed E-state index contributed by atoms with van der Waals surface area (Å²) in [5.74, 6) is 0.141. The SMILES string of the molecule is CC(C)CN1C(=O)CC(N)C1c1ccc(F)cc1Br. The minimum Gasteiger partial charge on any atom is -0.334 e. The zero-order valence-corrected chi connectivity index (χ0v) is 12.7. The maximum absolute atomic E-state index is 13.2. The number of carbonyl (C=O) groups excluding carboxylic acids is 1. The van der Waals surface area contributed by atoms with Gasteiger partial charge in [-0.25, -0.2) is 4.39 Å². The monoisotopic (exact) mass is 328 g/mol. The molecule has 1 heterocycles. The third-order valence-electron chi connectivity index (χ3n) is 3.31. The zero-order chi connectivity index (χ0) is 14.2. The van der Waals surface area contributed by atoms with Crippen molar-refractivity contribution < 1.29 is 9.18 Å². The van der Waals surface area contributed by atoms with Gasteiger partial charge in [0, 0.05) is 23.5 Å². The highest BCUT2D eigenvalue weighted by Crippen LogP contribution is 2.36. The summed E-state index contributed by atoms with van der Waals surface area (Å²) in [5, 5.41) is 0. The van der Waals surface area contributed by atoms with Gasteiger partial charge in [-0.2, -0.15) is 0 Å². The Balaban J connectivity index is 2.36. The fourth-order valence-electron chi connectivity index (χ4n) is 2.57. The molecule has 2 atom stereocenters. The zero-order valence-electron chi connectivity index (χ0n) is 11.1. The average molecular weight is 329 g/mol. The molecule has 1 aromatic carbocycles. The number of halogens is 2. The highest BCUT2D eigenvalue weighted by Gasteiger charge is 2.39. The van der Waals surface area contributed by atoms with Gasteiger partial charge >= 0.3 is 0 Å². The molecule has 2 unspecified atom stereocenters. The van der Waals surface area contributed by atoms with Crippen LogP contribution in [0.3, 0.4) is 0 Å². The van der Waals surface area contributed by atoms with Crippen LogP contribution >= 0.6 is 15.9 Å². The molecule has 0 spiro atoms. The van der Waals surface area contributed by atoms with E-state index in [-0.39, 0.29) is 23.8 Å². The number of carbonyl (C=O) groups is 1. The van der Waals surface area contributed by atoms with E-state index in [2.05, 4.69) is 29.8 Å². The lowest BCUT2D eigenvalue weighted by Gasteiger charge is -2.29. The lowest BCUT2D eigenvalue weighted by atomic mass is 10.00. The molecule has 0 bridgehead atoms. The quantitative estimate of drug-likeness (QED) is 0.927. The Kier molecular flexibility index (Phi) is 4.26. The van der Waals surface area contributed by atoms with E-state index in [9.17, 15) is 9.18 Å². The number of hydrogen-bond donors (Lipinski definition) is 1. The molecule has 19 heavy (non-hydrogen) atoms. The Morgan fingerprint density at radius 2 is 2.21 bits per heavy atom. The first-order chi connectivity index (χ1) is 8.90. The molecular weight excluding hydrogens is 311 g/mol. The molecule has 2 N–H and O–H groups in total. The Hall–Kier alpha value is -0.940. The Bertz CT molecular complexity index is 492. The largest absolute Gasteiger partial charge is 0.334 e. The third-order valence-corrected chi connectivity index (χ3v) is 4.00. The van der Waals surface area contributed by atoms with Crippen molar-refractivity contribution in [2.45, 2.75) is 32.4 Å². The predicted octanol–water partition coefficient (Wildman–Crippen LogP) is 2.84. The molecule has 104 valence electrons. The minimum absolute atomic E-state index is 0.0717. The van der Waals surface area contributed by atoms with E-state index < -0.39 is 0 Å². The predicted molar refractivity (Wildman–Crippen MR) is 76.0 cm³/mol. The summed E-state index contributed by atoms with van der Waals surface area (Å²) >= 11 is 3.36. The van der Waals surface area contributed by atoms with E-state index in [1.54, 1.807) is 6.07 Å². The van der Waals surface area contributed by atoms with Crippen molar-refractivity contribution in [1.82, 2.24) is 4.90 Å². The Labute approximate surface area is 121 Å². The number of likely N-dealkylation sites (tertiary alicyclic amines) is 1. The van der Waals surface area contributed by atoms with Crippen molar-refractivity contribution in [2.24, 2.45) is 11.7 Å². The van der Waals surface area contributed by atoms with Crippen molar-refractivity contribution in [3.63, 3.8) is 0 Å². The van der Waals surface area contributed by atoms with Crippen molar-refractivity contribution >= 4 is 21.8 Å². The van der Waals surface area contributed by atoms with Crippen LogP contribution in [0.25, 0.3) is 0 Å². The molecule has 0 radical (unpaired) electrons. The van der Waals surface area contributed by atoms with Crippen LogP contribution in [0.15, 0.2) is 22.7 Å². The van der Waals surface area contributed by atoms with Crippen molar-refractivity contribution in [3.8, 4) is 0 Å². The number of benzene rings is 1. The molecule has 1 aliphatic heterocycles. The summed E-state index contributed by atoms with van der Waals surface area (Å²) in [6, 6.07) is 4.11. The number of nitrogens with zero attached hydrogens (tertiary/aromatic N) is 1. The van der Waals surface area contributed by atoms with Gasteiger partial charge in [-0.05, 0) is 23.6 Å². The highest BCUT2D eigenvalue weighted by atomic mass is 79.9. The minimum atomic E-state index is -0.302. The van der Waals surface area contributed by atoms with Crippen molar-refractivity contribution in [3.05, 3.63) is 34.1 Å². The fraction of sp³-hybridized carbons (Fsp3) is 0.500. The molecule has 0 aliphatic carbocycles. The van der Waals surface area contributed by atoms with E-state index in [0.29, 0.717) is 23.4 Å². The summed E-state index contributed by atoms with van der Waals surface area (Å²) in [7, 11) is 0. The number of rotatable bonds is 3. The first-order valence-corrected chi connectivity index (χ1v) is 7.19. The lowest BCUT2D eigenvalue weighted by molar-refractivity contribution is -0.129. The topological polar surface area (TPSA) is 46.3 Å². The third kappa shape index (κ3) is 2.98. The van der Waals surface area contributed by atoms with Gasteiger partial charge in [0.2, 0.25) is 5.91 Å². The molecule has 1 aromatic rings. The van der Waals surface area contributed by atoms with Gasteiger partial charge in [0.15, 0.2) is 0 Å². The summed E-state index contributed by atoms with van der Waals surface area (Å²) in [6.07, 6.45) is 0.348. The normalized spacial score (nSPS) is 23.5. The van der Waals surface area contributed by atoms with Gasteiger partial charge in [-0.15, -0.1) is 0 Å². The molecule has 1 saturated heterocycles. The summed E-state index contributed by atoms with van der Waals surface area (Å²) in [6.45, 7) is 4.79. The summed E-state index contributed by atoms with van der Waals surface area (Å²) < 4.78 is 13.8. The molecule has 0 aromatic heterocycles. The molecule has 1 fully saturated rings. The van der Waals surface area contributed by atoms with Crippen LogP contribution in [0.4, 0.5) is 4.39 Å². The smallest absolute Gasteiger partial charge is 0.224 e. The molecule has 0 saturated carbocycles. The Morgan fingerprint density at radius 3 is 2.79 bits per heavy atom. The van der Waals surface area contributed by atoms with E-state index in [1.165, 1.54) is 12.1 Å². The molecule has 1 amide bonds. The number of hydrogen-bond acceptors (Lipinski definition) is 2.